The first-order valence-electron chi connectivity index (χ1n) is 9.36. The van der Waals surface area contributed by atoms with Crippen LogP contribution in [-0.2, 0) is 0 Å². The zero-order chi connectivity index (χ0) is 20.7. The van der Waals surface area contributed by atoms with Crippen molar-refractivity contribution in [3.63, 3.8) is 0 Å². The summed E-state index contributed by atoms with van der Waals surface area (Å²) in [5.41, 5.74) is 4.31. The van der Waals surface area contributed by atoms with Crippen molar-refractivity contribution >= 4 is 39.5 Å². The molecule has 6 nitrogen and oxygen atoms in total. The second kappa shape index (κ2) is 7.35. The van der Waals surface area contributed by atoms with Crippen molar-refractivity contribution in [2.24, 2.45) is 0 Å². The average molecular weight is 419 g/mol. The molecular weight excluding hydrogens is 403 g/mol. The highest BCUT2D eigenvalue weighted by Gasteiger charge is 2.18. The number of imidazole rings is 1. The molecule has 0 aliphatic carbocycles. The van der Waals surface area contributed by atoms with Gasteiger partial charge in [-0.1, -0.05) is 29.8 Å². The third kappa shape index (κ3) is 3.23. The molecule has 0 bridgehead atoms. The van der Waals surface area contributed by atoms with E-state index < -0.39 is 0 Å². The third-order valence-corrected chi connectivity index (χ3v) is 5.28. The van der Waals surface area contributed by atoms with Gasteiger partial charge in [-0.3, -0.25) is 0 Å². The second-order valence-electron chi connectivity index (χ2n) is 6.93. The molecule has 0 spiro atoms. The van der Waals surface area contributed by atoms with Crippen LogP contribution in [0.5, 0.6) is 0 Å². The summed E-state index contributed by atoms with van der Waals surface area (Å²) in [5.74, 6) is 0.277. The SMILES string of the molecule is CC(Nc1ncnc2[nH]cnc12)c1nc2cccc(Cl)c2cc1-c1cccc(F)c1. The zero-order valence-corrected chi connectivity index (χ0v) is 16.7. The third-order valence-electron chi connectivity index (χ3n) is 4.95. The number of benzene rings is 2. The van der Waals surface area contributed by atoms with Crippen molar-refractivity contribution in [3.8, 4) is 11.1 Å². The molecule has 0 saturated heterocycles. The Labute approximate surface area is 176 Å². The topological polar surface area (TPSA) is 79.4 Å². The quantitative estimate of drug-likeness (QED) is 0.401. The van der Waals surface area contributed by atoms with Crippen molar-refractivity contribution in [1.29, 1.82) is 0 Å². The minimum Gasteiger partial charge on any atom is -0.360 e. The first-order valence-corrected chi connectivity index (χ1v) is 9.73. The van der Waals surface area contributed by atoms with Gasteiger partial charge in [0.1, 0.15) is 17.7 Å². The first kappa shape index (κ1) is 18.4. The molecule has 0 saturated carbocycles. The highest BCUT2D eigenvalue weighted by molar-refractivity contribution is 6.35. The number of anilines is 1. The standard InChI is InChI=1S/C22H16ClFN6/c1-12(29-22-20-21(26-10-25-20)27-11-28-22)19-15(13-4-2-5-14(24)8-13)9-16-17(23)6-3-7-18(16)30-19/h2-12H,1H3,(H2,25,26,27,28,29). The summed E-state index contributed by atoms with van der Waals surface area (Å²) in [5, 5.41) is 4.78. The molecule has 0 fully saturated rings. The molecule has 2 N–H and O–H groups in total. The van der Waals surface area contributed by atoms with E-state index in [9.17, 15) is 4.39 Å². The monoisotopic (exact) mass is 418 g/mol. The Balaban J connectivity index is 1.66. The summed E-state index contributed by atoms with van der Waals surface area (Å²) >= 11 is 6.40. The number of fused-ring (bicyclic) bond motifs is 2. The van der Waals surface area contributed by atoms with E-state index in [-0.39, 0.29) is 11.9 Å². The molecule has 1 unspecified atom stereocenters. The van der Waals surface area contributed by atoms with Crippen molar-refractivity contribution in [3.05, 3.63) is 77.7 Å². The number of halogens is 2. The van der Waals surface area contributed by atoms with Crippen molar-refractivity contribution < 1.29 is 4.39 Å². The number of hydrogen-bond acceptors (Lipinski definition) is 5. The molecule has 5 rings (SSSR count). The number of nitrogens with one attached hydrogen (secondary N) is 2. The Bertz CT molecular complexity index is 1380. The van der Waals surface area contributed by atoms with E-state index in [4.69, 9.17) is 16.6 Å². The minimum absolute atomic E-state index is 0.249. The van der Waals surface area contributed by atoms with Gasteiger partial charge >= 0.3 is 0 Å². The molecule has 148 valence electrons. The van der Waals surface area contributed by atoms with Crippen molar-refractivity contribution in [1.82, 2.24) is 24.9 Å². The summed E-state index contributed by atoms with van der Waals surface area (Å²) in [6.45, 7) is 1.97. The zero-order valence-electron chi connectivity index (χ0n) is 15.9. The number of H-pyrrole nitrogens is 1. The van der Waals surface area contributed by atoms with Gasteiger partial charge in [0.2, 0.25) is 0 Å². The van der Waals surface area contributed by atoms with Gasteiger partial charge in [-0.2, -0.15) is 0 Å². The maximum absolute atomic E-state index is 14.0. The number of pyridine rings is 1. The fourth-order valence-corrected chi connectivity index (χ4v) is 3.76. The Morgan fingerprint density at radius 3 is 2.80 bits per heavy atom. The Hall–Kier alpha value is -3.58. The lowest BCUT2D eigenvalue weighted by molar-refractivity contribution is 0.628. The molecule has 1 atom stereocenters. The smallest absolute Gasteiger partial charge is 0.162 e. The van der Waals surface area contributed by atoms with E-state index in [1.807, 2.05) is 37.3 Å². The molecule has 3 heterocycles. The number of rotatable bonds is 4. The molecular formula is C22H16ClFN6. The lowest BCUT2D eigenvalue weighted by Crippen LogP contribution is -2.12. The largest absolute Gasteiger partial charge is 0.360 e. The van der Waals surface area contributed by atoms with E-state index in [1.54, 1.807) is 12.4 Å². The number of nitrogens with zero attached hydrogens (tertiary/aromatic N) is 4. The van der Waals surface area contributed by atoms with Crippen LogP contribution in [-0.4, -0.2) is 24.9 Å². The molecule has 30 heavy (non-hydrogen) atoms. The molecule has 0 radical (unpaired) electrons. The van der Waals surface area contributed by atoms with Gasteiger partial charge in [-0.05, 0) is 42.8 Å². The Kier molecular flexibility index (Phi) is 4.52. The second-order valence-corrected chi connectivity index (χ2v) is 7.33. The Morgan fingerprint density at radius 2 is 1.93 bits per heavy atom. The maximum atomic E-state index is 14.0. The van der Waals surface area contributed by atoms with E-state index in [1.165, 1.54) is 18.5 Å². The fraction of sp³-hybridized carbons (Fsp3) is 0.0909. The molecule has 2 aromatic carbocycles. The van der Waals surface area contributed by atoms with Gasteiger partial charge in [0, 0.05) is 16.0 Å². The van der Waals surface area contributed by atoms with Gasteiger partial charge in [0.15, 0.2) is 11.5 Å². The van der Waals surface area contributed by atoms with Crippen LogP contribution < -0.4 is 5.32 Å². The van der Waals surface area contributed by atoms with E-state index in [0.717, 1.165) is 27.7 Å². The summed E-state index contributed by atoms with van der Waals surface area (Å²) in [6, 6.07) is 13.7. The summed E-state index contributed by atoms with van der Waals surface area (Å²) in [7, 11) is 0. The van der Waals surface area contributed by atoms with E-state index in [2.05, 4.69) is 25.3 Å². The van der Waals surface area contributed by atoms with Crippen molar-refractivity contribution in [2.45, 2.75) is 13.0 Å². The molecule has 5 aromatic rings. The van der Waals surface area contributed by atoms with Gasteiger partial charge in [-0.25, -0.2) is 24.3 Å². The predicted octanol–water partition coefficient (Wildman–Crippen LogP) is 5.53. The lowest BCUT2D eigenvalue weighted by atomic mass is 9.98. The maximum Gasteiger partial charge on any atom is 0.162 e. The predicted molar refractivity (Wildman–Crippen MR) is 116 cm³/mol. The molecule has 3 aromatic heterocycles. The summed E-state index contributed by atoms with van der Waals surface area (Å²) in [4.78, 5) is 20.6. The van der Waals surface area contributed by atoms with E-state index in [0.29, 0.717) is 22.0 Å². The first-order chi connectivity index (χ1) is 14.6. The number of aromatic nitrogens is 5. The number of hydrogen-bond donors (Lipinski definition) is 2. The van der Waals surface area contributed by atoms with Crippen LogP contribution in [0.1, 0.15) is 18.7 Å². The molecule has 0 amide bonds. The van der Waals surface area contributed by atoms with Crippen LogP contribution in [0.25, 0.3) is 33.2 Å². The normalized spacial score (nSPS) is 12.4. The highest BCUT2D eigenvalue weighted by Crippen LogP contribution is 2.34. The molecule has 0 aliphatic heterocycles. The van der Waals surface area contributed by atoms with Crippen LogP contribution >= 0.6 is 11.6 Å². The summed E-state index contributed by atoms with van der Waals surface area (Å²) in [6.07, 6.45) is 3.04. The lowest BCUT2D eigenvalue weighted by Gasteiger charge is -2.19. The van der Waals surface area contributed by atoms with Crippen LogP contribution in [0.4, 0.5) is 10.2 Å². The Morgan fingerprint density at radius 1 is 1.07 bits per heavy atom. The van der Waals surface area contributed by atoms with E-state index >= 15 is 0 Å². The molecule has 0 aliphatic rings. The number of aromatic amines is 1. The van der Waals surface area contributed by atoms with Crippen LogP contribution in [0, 0.1) is 5.82 Å². The average Bonchev–Trinajstić information content (AvgIpc) is 3.23. The van der Waals surface area contributed by atoms with Gasteiger partial charge < -0.3 is 10.3 Å². The van der Waals surface area contributed by atoms with Gasteiger partial charge in [0.05, 0.1) is 23.6 Å². The van der Waals surface area contributed by atoms with Crippen LogP contribution in [0.3, 0.4) is 0 Å². The summed E-state index contributed by atoms with van der Waals surface area (Å²) < 4.78 is 14.0. The van der Waals surface area contributed by atoms with Crippen LogP contribution in [0.2, 0.25) is 5.02 Å². The fourth-order valence-electron chi connectivity index (χ4n) is 3.54. The van der Waals surface area contributed by atoms with Gasteiger partial charge in [0.25, 0.3) is 0 Å². The molecule has 8 heteroatoms. The van der Waals surface area contributed by atoms with Crippen molar-refractivity contribution in [2.75, 3.05) is 5.32 Å². The van der Waals surface area contributed by atoms with Crippen LogP contribution in [0.15, 0.2) is 61.2 Å². The van der Waals surface area contributed by atoms with Gasteiger partial charge in [-0.15, -0.1) is 0 Å². The highest BCUT2D eigenvalue weighted by atomic mass is 35.5. The minimum atomic E-state index is -0.313.